The number of fused-ring (bicyclic) bond motifs is 1. The summed E-state index contributed by atoms with van der Waals surface area (Å²) in [6.07, 6.45) is 1.31. The van der Waals surface area contributed by atoms with Crippen molar-refractivity contribution >= 4 is 26.5 Å². The zero-order valence-electron chi connectivity index (χ0n) is 21.0. The van der Waals surface area contributed by atoms with Gasteiger partial charge in [0.15, 0.2) is 9.84 Å². The molecule has 3 rings (SSSR count). The third-order valence-electron chi connectivity index (χ3n) is 7.76. The quantitative estimate of drug-likeness (QED) is 0.376. The Kier molecular flexibility index (Phi) is 5.94. The first-order chi connectivity index (χ1) is 13.8. The van der Waals surface area contributed by atoms with Crippen molar-refractivity contribution in [3.8, 4) is 11.5 Å². The Labute approximate surface area is 191 Å². The van der Waals surface area contributed by atoms with Gasteiger partial charge in [-0.05, 0) is 61.2 Å². The van der Waals surface area contributed by atoms with E-state index in [0.29, 0.717) is 12.8 Å². The monoisotopic (exact) mass is 480 g/mol. The minimum Gasteiger partial charge on any atom is -0.543 e. The molecule has 4 nitrogen and oxygen atoms in total. The van der Waals surface area contributed by atoms with Crippen molar-refractivity contribution in [1.29, 1.82) is 0 Å². The summed E-state index contributed by atoms with van der Waals surface area (Å²) < 4.78 is 38.2. The Hall–Kier alpha value is -1.06. The van der Waals surface area contributed by atoms with Crippen LogP contribution in [0.3, 0.4) is 0 Å². The number of hydrogen-bond donors (Lipinski definition) is 0. The molecular weight excluding hydrogens is 440 g/mol. The summed E-state index contributed by atoms with van der Waals surface area (Å²) in [5.41, 5.74) is 4.41. The van der Waals surface area contributed by atoms with E-state index >= 15 is 0 Å². The van der Waals surface area contributed by atoms with Crippen LogP contribution in [0.5, 0.6) is 11.5 Å². The molecule has 1 aliphatic heterocycles. The third-order valence-corrected chi connectivity index (χ3v) is 18.0. The molecule has 0 radical (unpaired) electrons. The zero-order chi connectivity index (χ0) is 23.6. The number of rotatable bonds is 4. The smallest absolute Gasteiger partial charge is 0.250 e. The van der Waals surface area contributed by atoms with E-state index in [9.17, 15) is 8.42 Å². The lowest BCUT2D eigenvalue weighted by molar-refractivity contribution is 0.473. The molecule has 0 fully saturated rings. The normalized spacial score (nSPS) is 19.2. The Bertz CT molecular complexity index is 948. The van der Waals surface area contributed by atoms with Crippen molar-refractivity contribution in [1.82, 2.24) is 0 Å². The van der Waals surface area contributed by atoms with Crippen LogP contribution in [0.4, 0.5) is 0 Å². The number of hydrogen-bond acceptors (Lipinski definition) is 4. The first-order valence-electron chi connectivity index (χ1n) is 11.3. The van der Waals surface area contributed by atoms with Crippen LogP contribution in [-0.4, -0.2) is 36.6 Å². The van der Waals surface area contributed by atoms with Gasteiger partial charge in [0, 0.05) is 11.1 Å². The van der Waals surface area contributed by atoms with E-state index in [1.165, 1.54) is 0 Å². The molecule has 0 spiro atoms. The van der Waals surface area contributed by atoms with Gasteiger partial charge in [0.2, 0.25) is 16.6 Å². The average Bonchev–Trinajstić information content (AvgIpc) is 2.85. The molecule has 0 bridgehead atoms. The number of sulfone groups is 1. The van der Waals surface area contributed by atoms with E-state index in [1.807, 2.05) is 0 Å². The highest BCUT2D eigenvalue weighted by molar-refractivity contribution is 7.92. The first kappa shape index (κ1) is 24.6. The molecule has 31 heavy (non-hydrogen) atoms. The lowest BCUT2D eigenvalue weighted by atomic mass is 9.86. The van der Waals surface area contributed by atoms with E-state index in [4.69, 9.17) is 8.85 Å². The summed E-state index contributed by atoms with van der Waals surface area (Å²) in [4.78, 5) is 0. The molecule has 1 aliphatic carbocycles. The SMILES string of the molecule is CC(C)(C)[Si](C)(C)Oc1ccc(O[Si](C)(C)C(C)(C)C)c2c1CC1=C(C2)CS(=O)(=O)C1. The second-order valence-electron chi connectivity index (χ2n) is 12.3. The van der Waals surface area contributed by atoms with E-state index in [2.05, 4.69) is 79.9 Å². The van der Waals surface area contributed by atoms with Crippen LogP contribution < -0.4 is 8.85 Å². The van der Waals surface area contributed by atoms with Crippen molar-refractivity contribution in [3.05, 3.63) is 34.4 Å². The summed E-state index contributed by atoms with van der Waals surface area (Å²) in [5, 5.41) is 0.179. The molecule has 7 heteroatoms. The molecule has 0 saturated heterocycles. The van der Waals surface area contributed by atoms with Gasteiger partial charge in [0.05, 0.1) is 11.5 Å². The largest absolute Gasteiger partial charge is 0.543 e. The van der Waals surface area contributed by atoms with Crippen LogP contribution in [0, 0.1) is 0 Å². The van der Waals surface area contributed by atoms with Crippen molar-refractivity contribution in [3.63, 3.8) is 0 Å². The van der Waals surface area contributed by atoms with Crippen LogP contribution in [0.15, 0.2) is 23.3 Å². The van der Waals surface area contributed by atoms with Crippen LogP contribution in [-0.2, 0) is 22.7 Å². The third kappa shape index (κ3) is 4.83. The fraction of sp³-hybridized carbons (Fsp3) is 0.667. The molecule has 0 N–H and O–H groups in total. The summed E-state index contributed by atoms with van der Waals surface area (Å²) in [7, 11) is -7.08. The molecule has 0 atom stereocenters. The minimum absolute atomic E-state index is 0.0893. The Balaban J connectivity index is 2.08. The summed E-state index contributed by atoms with van der Waals surface area (Å²) in [5.74, 6) is 2.21. The summed E-state index contributed by atoms with van der Waals surface area (Å²) in [6, 6.07) is 4.13. The molecule has 0 unspecified atom stereocenters. The average molecular weight is 481 g/mol. The Morgan fingerprint density at radius 3 is 1.32 bits per heavy atom. The van der Waals surface area contributed by atoms with E-state index in [1.54, 1.807) is 0 Å². The molecule has 0 aromatic heterocycles. The van der Waals surface area contributed by atoms with Crippen molar-refractivity contribution in [2.24, 2.45) is 0 Å². The molecule has 2 aliphatic rings. The molecular formula is C24H40O4SSi2. The fourth-order valence-electron chi connectivity index (χ4n) is 3.65. The molecule has 174 valence electrons. The van der Waals surface area contributed by atoms with Crippen molar-refractivity contribution in [2.75, 3.05) is 11.5 Å². The van der Waals surface area contributed by atoms with Gasteiger partial charge in [-0.25, -0.2) is 8.42 Å². The summed E-state index contributed by atoms with van der Waals surface area (Å²) in [6.45, 7) is 22.5. The Morgan fingerprint density at radius 2 is 1.03 bits per heavy atom. The van der Waals surface area contributed by atoms with Gasteiger partial charge >= 0.3 is 0 Å². The van der Waals surface area contributed by atoms with Crippen LogP contribution in [0.2, 0.25) is 36.3 Å². The Morgan fingerprint density at radius 1 is 0.710 bits per heavy atom. The molecule has 0 amide bonds. The van der Waals surface area contributed by atoms with Crippen LogP contribution in [0.25, 0.3) is 0 Å². The highest BCUT2D eigenvalue weighted by atomic mass is 32.2. The molecule has 1 aromatic rings. The topological polar surface area (TPSA) is 52.6 Å². The molecule has 1 heterocycles. The highest BCUT2D eigenvalue weighted by Crippen LogP contribution is 2.46. The van der Waals surface area contributed by atoms with Gasteiger partial charge in [-0.15, -0.1) is 0 Å². The second kappa shape index (κ2) is 7.49. The van der Waals surface area contributed by atoms with Crippen LogP contribution >= 0.6 is 0 Å². The summed E-state index contributed by atoms with van der Waals surface area (Å²) >= 11 is 0. The maximum atomic E-state index is 12.3. The lowest BCUT2D eigenvalue weighted by Crippen LogP contribution is -2.45. The van der Waals surface area contributed by atoms with Gasteiger partial charge in [0.25, 0.3) is 0 Å². The first-order valence-corrected chi connectivity index (χ1v) is 18.9. The number of benzene rings is 1. The molecule has 0 saturated carbocycles. The van der Waals surface area contributed by atoms with Crippen molar-refractivity contribution < 1.29 is 17.3 Å². The maximum absolute atomic E-state index is 12.3. The predicted octanol–water partition coefficient (Wildman–Crippen LogP) is 6.28. The van der Waals surface area contributed by atoms with E-state index in [0.717, 1.165) is 33.8 Å². The van der Waals surface area contributed by atoms with E-state index < -0.39 is 26.5 Å². The van der Waals surface area contributed by atoms with Crippen molar-refractivity contribution in [2.45, 2.75) is 90.6 Å². The lowest BCUT2D eigenvalue weighted by Gasteiger charge is -2.39. The van der Waals surface area contributed by atoms with Gasteiger partial charge in [-0.3, -0.25) is 0 Å². The minimum atomic E-state index is -3.03. The van der Waals surface area contributed by atoms with E-state index in [-0.39, 0.29) is 21.6 Å². The molecule has 1 aromatic carbocycles. The van der Waals surface area contributed by atoms with Gasteiger partial charge in [-0.2, -0.15) is 0 Å². The standard InChI is InChI=1S/C24H40O4SSi2/c1-23(2,3)30(7,8)27-21-11-12-22(28-31(9,10)24(4,5)6)20-14-18-16-29(25,26)15-17(18)13-19(20)21/h11-12H,13-16H2,1-10H3. The maximum Gasteiger partial charge on any atom is 0.250 e. The fourth-order valence-corrected chi connectivity index (χ4v) is 7.52. The van der Waals surface area contributed by atoms with Gasteiger partial charge in [-0.1, -0.05) is 52.7 Å². The highest BCUT2D eigenvalue weighted by Gasteiger charge is 2.42. The predicted molar refractivity (Wildman–Crippen MR) is 135 cm³/mol. The van der Waals surface area contributed by atoms with Gasteiger partial charge in [0.1, 0.15) is 11.5 Å². The van der Waals surface area contributed by atoms with Crippen LogP contribution in [0.1, 0.15) is 52.7 Å². The van der Waals surface area contributed by atoms with Gasteiger partial charge < -0.3 is 8.85 Å². The second-order valence-corrected chi connectivity index (χ2v) is 23.9. The zero-order valence-corrected chi connectivity index (χ0v) is 23.8.